The number of methoxy groups -OCH3 is 1. The molecule has 0 aromatic heterocycles. The standard InChI is InChI=1S/C15H21ClN2O4S/c1-18(12-6-8-23(20,21)10-12)7-5-15(19)17-13-9-11(16)3-4-14(13)22-2/h3-4,9,12H,5-8,10H2,1-2H3,(H,17,19). The molecule has 1 aromatic carbocycles. The molecular formula is C15H21ClN2O4S. The molecule has 23 heavy (non-hydrogen) atoms. The average molecular weight is 361 g/mol. The minimum Gasteiger partial charge on any atom is -0.495 e. The lowest BCUT2D eigenvalue weighted by Crippen LogP contribution is -2.35. The van der Waals surface area contributed by atoms with E-state index in [1.54, 1.807) is 18.2 Å². The Kier molecular flexibility index (Phi) is 5.89. The van der Waals surface area contributed by atoms with Gasteiger partial charge in [-0.25, -0.2) is 8.42 Å². The van der Waals surface area contributed by atoms with Crippen LogP contribution in [0.1, 0.15) is 12.8 Å². The van der Waals surface area contributed by atoms with Gasteiger partial charge in [-0.2, -0.15) is 0 Å². The molecule has 0 saturated carbocycles. The van der Waals surface area contributed by atoms with E-state index in [0.717, 1.165) is 0 Å². The van der Waals surface area contributed by atoms with Gasteiger partial charge in [0.25, 0.3) is 0 Å². The molecule has 1 heterocycles. The summed E-state index contributed by atoms with van der Waals surface area (Å²) in [7, 11) is 0.452. The summed E-state index contributed by atoms with van der Waals surface area (Å²) in [5.74, 6) is 0.775. The fourth-order valence-corrected chi connectivity index (χ4v) is 4.55. The number of nitrogens with one attached hydrogen (secondary N) is 1. The van der Waals surface area contributed by atoms with Crippen LogP contribution in [-0.4, -0.2) is 57.5 Å². The zero-order valence-corrected chi connectivity index (χ0v) is 14.8. The van der Waals surface area contributed by atoms with Gasteiger partial charge in [0.2, 0.25) is 5.91 Å². The second-order valence-corrected chi connectivity index (χ2v) is 8.35. The van der Waals surface area contributed by atoms with Crippen molar-refractivity contribution in [2.75, 3.05) is 37.5 Å². The lowest BCUT2D eigenvalue weighted by atomic mass is 10.2. The molecule has 0 radical (unpaired) electrons. The number of carbonyl (C=O) groups is 1. The van der Waals surface area contributed by atoms with Crippen LogP contribution in [0.3, 0.4) is 0 Å². The highest BCUT2D eigenvalue weighted by Crippen LogP contribution is 2.27. The SMILES string of the molecule is COc1ccc(Cl)cc1NC(=O)CCN(C)C1CCS(=O)(=O)C1. The van der Waals surface area contributed by atoms with Gasteiger partial charge in [0.1, 0.15) is 5.75 Å². The van der Waals surface area contributed by atoms with E-state index in [9.17, 15) is 13.2 Å². The van der Waals surface area contributed by atoms with Crippen LogP contribution in [0, 0.1) is 0 Å². The van der Waals surface area contributed by atoms with Crippen molar-refractivity contribution in [3.8, 4) is 5.75 Å². The summed E-state index contributed by atoms with van der Waals surface area (Å²) in [5, 5.41) is 3.28. The van der Waals surface area contributed by atoms with Gasteiger partial charge >= 0.3 is 0 Å². The summed E-state index contributed by atoms with van der Waals surface area (Å²) in [6, 6.07) is 5.00. The lowest BCUT2D eigenvalue weighted by Gasteiger charge is -2.22. The number of ether oxygens (including phenoxy) is 1. The molecule has 6 nitrogen and oxygen atoms in total. The highest BCUT2D eigenvalue weighted by atomic mass is 35.5. The number of sulfone groups is 1. The molecule has 0 aliphatic carbocycles. The van der Waals surface area contributed by atoms with Crippen molar-refractivity contribution in [2.45, 2.75) is 18.9 Å². The number of rotatable bonds is 6. The molecule has 1 N–H and O–H groups in total. The third-order valence-corrected chi connectivity index (χ3v) is 5.94. The quantitative estimate of drug-likeness (QED) is 0.837. The van der Waals surface area contributed by atoms with E-state index in [0.29, 0.717) is 29.4 Å². The van der Waals surface area contributed by atoms with Crippen LogP contribution in [0.5, 0.6) is 5.75 Å². The zero-order valence-electron chi connectivity index (χ0n) is 13.2. The van der Waals surface area contributed by atoms with Crippen molar-refractivity contribution in [1.82, 2.24) is 4.90 Å². The van der Waals surface area contributed by atoms with Crippen LogP contribution in [-0.2, 0) is 14.6 Å². The van der Waals surface area contributed by atoms with Gasteiger partial charge in [0.15, 0.2) is 9.84 Å². The Morgan fingerprint density at radius 3 is 2.83 bits per heavy atom. The van der Waals surface area contributed by atoms with Crippen molar-refractivity contribution in [2.24, 2.45) is 0 Å². The van der Waals surface area contributed by atoms with Gasteiger partial charge in [-0.1, -0.05) is 11.6 Å². The minimum absolute atomic E-state index is 0.00601. The number of nitrogens with zero attached hydrogens (tertiary/aromatic N) is 1. The van der Waals surface area contributed by atoms with Crippen molar-refractivity contribution >= 4 is 33.0 Å². The monoisotopic (exact) mass is 360 g/mol. The van der Waals surface area contributed by atoms with E-state index in [4.69, 9.17) is 16.3 Å². The fraction of sp³-hybridized carbons (Fsp3) is 0.533. The van der Waals surface area contributed by atoms with Crippen molar-refractivity contribution < 1.29 is 17.9 Å². The predicted octanol–water partition coefficient (Wildman–Crippen LogP) is 1.80. The van der Waals surface area contributed by atoms with Gasteiger partial charge in [-0.3, -0.25) is 4.79 Å². The molecule has 1 unspecified atom stereocenters. The number of anilines is 1. The first-order valence-corrected chi connectivity index (χ1v) is 9.55. The van der Waals surface area contributed by atoms with Gasteiger partial charge in [0, 0.05) is 24.0 Å². The molecule has 8 heteroatoms. The molecular weight excluding hydrogens is 340 g/mol. The van der Waals surface area contributed by atoms with Crippen LogP contribution < -0.4 is 10.1 Å². The second-order valence-electron chi connectivity index (χ2n) is 5.68. The molecule has 128 valence electrons. The molecule has 1 saturated heterocycles. The Bertz CT molecular complexity index is 678. The van der Waals surface area contributed by atoms with Crippen LogP contribution in [0.2, 0.25) is 5.02 Å². The third kappa shape index (κ3) is 5.09. The number of carbonyl (C=O) groups excluding carboxylic acids is 1. The Labute approximate surface area is 141 Å². The smallest absolute Gasteiger partial charge is 0.225 e. The molecule has 0 spiro atoms. The summed E-state index contributed by atoms with van der Waals surface area (Å²) in [6.07, 6.45) is 0.894. The number of hydrogen-bond acceptors (Lipinski definition) is 5. The highest BCUT2D eigenvalue weighted by Gasteiger charge is 2.30. The van der Waals surface area contributed by atoms with Crippen molar-refractivity contribution in [1.29, 1.82) is 0 Å². The first kappa shape index (κ1) is 18.0. The number of amides is 1. The Morgan fingerprint density at radius 2 is 2.22 bits per heavy atom. The maximum atomic E-state index is 12.1. The molecule has 1 aliphatic heterocycles. The zero-order chi connectivity index (χ0) is 17.0. The summed E-state index contributed by atoms with van der Waals surface area (Å²) in [5.41, 5.74) is 0.524. The van der Waals surface area contributed by atoms with Crippen LogP contribution in [0.15, 0.2) is 18.2 Å². The Balaban J connectivity index is 1.87. The predicted molar refractivity (Wildman–Crippen MR) is 90.9 cm³/mol. The van der Waals surface area contributed by atoms with Gasteiger partial charge in [-0.15, -0.1) is 0 Å². The van der Waals surface area contributed by atoms with Crippen LogP contribution in [0.4, 0.5) is 5.69 Å². The van der Waals surface area contributed by atoms with Crippen LogP contribution >= 0.6 is 11.6 Å². The summed E-state index contributed by atoms with van der Waals surface area (Å²) >= 11 is 5.93. The molecule has 1 atom stereocenters. The van der Waals surface area contributed by atoms with Gasteiger partial charge in [-0.05, 0) is 31.7 Å². The molecule has 1 fully saturated rings. The van der Waals surface area contributed by atoms with E-state index in [1.807, 2.05) is 11.9 Å². The summed E-state index contributed by atoms with van der Waals surface area (Å²) in [4.78, 5) is 14.0. The molecule has 0 bridgehead atoms. The van der Waals surface area contributed by atoms with E-state index >= 15 is 0 Å². The van der Waals surface area contributed by atoms with Crippen LogP contribution in [0.25, 0.3) is 0 Å². The highest BCUT2D eigenvalue weighted by molar-refractivity contribution is 7.91. The Hall–Kier alpha value is -1.31. The number of benzene rings is 1. The van der Waals surface area contributed by atoms with E-state index < -0.39 is 9.84 Å². The second kappa shape index (κ2) is 7.51. The fourth-order valence-electron chi connectivity index (χ4n) is 2.57. The first-order chi connectivity index (χ1) is 10.8. The topological polar surface area (TPSA) is 75.7 Å². The maximum absolute atomic E-state index is 12.1. The maximum Gasteiger partial charge on any atom is 0.225 e. The molecule has 1 aliphatic rings. The van der Waals surface area contributed by atoms with Gasteiger partial charge < -0.3 is 15.0 Å². The van der Waals surface area contributed by atoms with Crippen molar-refractivity contribution in [3.05, 3.63) is 23.2 Å². The third-order valence-electron chi connectivity index (χ3n) is 3.96. The van der Waals surface area contributed by atoms with E-state index in [1.165, 1.54) is 7.11 Å². The largest absolute Gasteiger partial charge is 0.495 e. The minimum atomic E-state index is -2.91. The molecule has 1 amide bonds. The van der Waals surface area contributed by atoms with Gasteiger partial charge in [0.05, 0.1) is 24.3 Å². The normalized spacial score (nSPS) is 19.7. The summed E-state index contributed by atoms with van der Waals surface area (Å²) < 4.78 is 28.2. The molecule has 1 aromatic rings. The van der Waals surface area contributed by atoms with E-state index in [-0.39, 0.29) is 29.9 Å². The summed E-state index contributed by atoms with van der Waals surface area (Å²) in [6.45, 7) is 0.495. The van der Waals surface area contributed by atoms with E-state index in [2.05, 4.69) is 5.32 Å². The number of hydrogen-bond donors (Lipinski definition) is 1. The average Bonchev–Trinajstić information content (AvgIpc) is 2.85. The number of halogens is 1. The molecule has 2 rings (SSSR count). The van der Waals surface area contributed by atoms with Crippen molar-refractivity contribution in [3.63, 3.8) is 0 Å². The Morgan fingerprint density at radius 1 is 1.48 bits per heavy atom. The lowest BCUT2D eigenvalue weighted by molar-refractivity contribution is -0.116. The first-order valence-electron chi connectivity index (χ1n) is 7.35.